The van der Waals surface area contributed by atoms with Crippen LogP contribution in [0.5, 0.6) is 0 Å². The van der Waals surface area contributed by atoms with E-state index in [1.54, 1.807) is 6.92 Å². The monoisotopic (exact) mass is 355 g/mol. The minimum absolute atomic E-state index is 0.0872. The van der Waals surface area contributed by atoms with Crippen molar-refractivity contribution in [1.82, 2.24) is 9.96 Å². The zero-order valence-corrected chi connectivity index (χ0v) is 13.4. The predicted octanol–water partition coefficient (Wildman–Crippen LogP) is -1.48. The number of hydrogen-bond donors (Lipinski definition) is 5. The van der Waals surface area contributed by atoms with Gasteiger partial charge in [-0.1, -0.05) is 0 Å². The molecule has 3 atom stereocenters. The molecule has 0 aliphatic carbocycles. The molecule has 10 nitrogen and oxygen atoms in total. The molecule has 22 heavy (non-hydrogen) atoms. The first-order chi connectivity index (χ1) is 10.1. The molecule has 0 radical (unpaired) electrons. The molecular formula is C10H18N3O7PS. The zero-order valence-electron chi connectivity index (χ0n) is 11.7. The van der Waals surface area contributed by atoms with E-state index >= 15 is 0 Å². The quantitative estimate of drug-likeness (QED) is 0.381. The fraction of sp³-hybridized carbons (Fsp3) is 0.700. The van der Waals surface area contributed by atoms with Gasteiger partial charge < -0.3 is 30.5 Å². The minimum Gasteiger partial charge on any atom is -0.394 e. The molecule has 0 saturated carbocycles. The Labute approximate surface area is 131 Å². The highest BCUT2D eigenvalue weighted by Crippen LogP contribution is 2.40. The molecule has 2 heterocycles. The number of hydrogen-bond acceptors (Lipinski definition) is 7. The first-order valence-electron chi connectivity index (χ1n) is 6.39. The molecule has 126 valence electrons. The van der Waals surface area contributed by atoms with E-state index in [0.29, 0.717) is 10.6 Å². The molecule has 1 saturated heterocycles. The summed E-state index contributed by atoms with van der Waals surface area (Å²) >= 11 is 4.35. The summed E-state index contributed by atoms with van der Waals surface area (Å²) < 4.78 is 10.1. The molecular weight excluding hydrogens is 337 g/mol. The van der Waals surface area contributed by atoms with E-state index in [0.717, 1.165) is 0 Å². The van der Waals surface area contributed by atoms with Gasteiger partial charge in [0.05, 0.1) is 12.7 Å². The number of aliphatic hydroxyl groups is 2. The molecule has 0 aromatic rings. The zero-order chi connectivity index (χ0) is 16.7. The van der Waals surface area contributed by atoms with Crippen LogP contribution in [0.25, 0.3) is 0 Å². The molecule has 0 aromatic carbocycles. The largest absolute Gasteiger partial charge is 0.394 e. The third-order valence-electron chi connectivity index (χ3n) is 3.40. The van der Waals surface area contributed by atoms with Crippen LogP contribution in [0.15, 0.2) is 11.4 Å². The van der Waals surface area contributed by atoms with Gasteiger partial charge in [-0.3, -0.25) is 4.90 Å². The molecule has 2 rings (SSSR count). The van der Waals surface area contributed by atoms with Gasteiger partial charge in [0.15, 0.2) is 0 Å². The average Bonchev–Trinajstić information content (AvgIpc) is 2.79. The number of aliphatic hydroxyl groups excluding tert-OH is 2. The van der Waals surface area contributed by atoms with Crippen molar-refractivity contribution in [2.75, 3.05) is 13.2 Å². The minimum atomic E-state index is -4.16. The number of nitrogens with zero attached hydrogens (tertiary/aromatic N) is 2. The number of carbonyl (C=O) groups excluding carboxylic acids is 1. The van der Waals surface area contributed by atoms with Crippen molar-refractivity contribution < 1.29 is 34.2 Å². The first-order valence-corrected chi connectivity index (χ1v) is 9.02. The topological polar surface area (TPSA) is 149 Å². The lowest BCUT2D eigenvalue weighted by atomic mass is 10.1. The molecule has 2 aliphatic heterocycles. The molecule has 6 N–H and O–H groups in total. The number of carbonyl (C=O) groups is 1. The Balaban J connectivity index is 2.21. The third-order valence-corrected chi connectivity index (χ3v) is 3.98. The summed E-state index contributed by atoms with van der Waals surface area (Å²) in [6, 6.07) is -0.795. The van der Waals surface area contributed by atoms with Gasteiger partial charge >= 0.3 is 12.7 Å². The van der Waals surface area contributed by atoms with Crippen molar-refractivity contribution >= 4 is 24.6 Å². The summed E-state index contributed by atoms with van der Waals surface area (Å²) in [6.07, 6.45) is -2.41. The molecule has 2 amide bonds. The number of nitrogens with two attached hydrogens (primary N) is 1. The van der Waals surface area contributed by atoms with Crippen molar-refractivity contribution in [2.45, 2.75) is 31.8 Å². The van der Waals surface area contributed by atoms with Crippen LogP contribution in [0, 0.1) is 0 Å². The normalized spacial score (nSPS) is 30.4. The summed E-state index contributed by atoms with van der Waals surface area (Å²) in [7, 11) is 0. The van der Waals surface area contributed by atoms with Crippen molar-refractivity contribution in [3.05, 3.63) is 11.4 Å². The van der Waals surface area contributed by atoms with Crippen molar-refractivity contribution in [3.63, 3.8) is 0 Å². The summed E-state index contributed by atoms with van der Waals surface area (Å²) in [5.74, 6) is -0.0872. The van der Waals surface area contributed by atoms with Crippen LogP contribution in [0.3, 0.4) is 0 Å². The first kappa shape index (κ1) is 17.6. The summed E-state index contributed by atoms with van der Waals surface area (Å²) in [5, 5.41) is 19.4. The highest BCUT2D eigenvalue weighted by molar-refractivity contribution is 8.06. The lowest BCUT2D eigenvalue weighted by Crippen LogP contribution is -2.53. The molecule has 12 heteroatoms. The second-order valence-corrected chi connectivity index (χ2v) is 7.63. The Kier molecular flexibility index (Phi) is 5.09. The van der Waals surface area contributed by atoms with Crippen LogP contribution in [-0.2, 0) is 21.2 Å². The van der Waals surface area contributed by atoms with Crippen LogP contribution in [0.4, 0.5) is 4.79 Å². The van der Waals surface area contributed by atoms with Gasteiger partial charge in [-0.15, -0.1) is 5.06 Å². The Bertz CT molecular complexity index is 539. The van der Waals surface area contributed by atoms with Crippen LogP contribution >= 0.6 is 6.72 Å². The van der Waals surface area contributed by atoms with Crippen molar-refractivity contribution in [3.8, 4) is 0 Å². The van der Waals surface area contributed by atoms with Gasteiger partial charge in [0.2, 0.25) is 0 Å². The third kappa shape index (κ3) is 3.58. The lowest BCUT2D eigenvalue weighted by molar-refractivity contribution is -0.0860. The van der Waals surface area contributed by atoms with Gasteiger partial charge in [0.1, 0.15) is 18.2 Å². The van der Waals surface area contributed by atoms with Crippen LogP contribution in [0.2, 0.25) is 0 Å². The van der Waals surface area contributed by atoms with Crippen molar-refractivity contribution in [1.29, 1.82) is 0 Å². The van der Waals surface area contributed by atoms with Gasteiger partial charge in [-0.05, 0) is 24.3 Å². The number of hydroxylamine groups is 2. The van der Waals surface area contributed by atoms with E-state index in [1.165, 1.54) is 4.90 Å². The smallest absolute Gasteiger partial charge is 0.352 e. The number of urea groups is 1. The van der Waals surface area contributed by atoms with E-state index in [2.05, 4.69) is 16.4 Å². The lowest BCUT2D eigenvalue weighted by Gasteiger charge is -2.38. The van der Waals surface area contributed by atoms with E-state index in [9.17, 15) is 19.7 Å². The summed E-state index contributed by atoms with van der Waals surface area (Å²) in [5.41, 5.74) is 6.24. The Morgan fingerprint density at radius 2 is 2.18 bits per heavy atom. The van der Waals surface area contributed by atoms with E-state index in [1.807, 2.05) is 0 Å². The highest BCUT2D eigenvalue weighted by Gasteiger charge is 2.43. The fourth-order valence-corrected chi connectivity index (χ4v) is 2.85. The van der Waals surface area contributed by atoms with Crippen LogP contribution in [0.1, 0.15) is 13.3 Å². The molecule has 2 aliphatic rings. The van der Waals surface area contributed by atoms with Gasteiger partial charge in [0, 0.05) is 13.0 Å². The molecule has 0 unspecified atom stereocenters. The van der Waals surface area contributed by atoms with Crippen LogP contribution < -0.4 is 5.73 Å². The summed E-state index contributed by atoms with van der Waals surface area (Å²) in [4.78, 5) is 32.0. The number of amides is 2. The second kappa shape index (κ2) is 6.38. The van der Waals surface area contributed by atoms with E-state index in [4.69, 9.17) is 15.6 Å². The molecule has 1 fully saturated rings. The van der Waals surface area contributed by atoms with E-state index < -0.39 is 31.2 Å². The number of rotatable bonds is 4. The maximum atomic E-state index is 12.4. The maximum absolute atomic E-state index is 12.4. The number of ether oxygens (including phenoxy) is 1. The molecule has 0 aromatic heterocycles. The average molecular weight is 355 g/mol. The van der Waals surface area contributed by atoms with E-state index in [-0.39, 0.29) is 25.4 Å². The SMILES string of the molecule is CC1=C(N)N(OP(O)(O)=S)C(=O)N([C@H]2C[C@H](O)[C@@H](CO)O2)C1. The highest BCUT2D eigenvalue weighted by atomic mass is 32.5. The Morgan fingerprint density at radius 1 is 1.55 bits per heavy atom. The Morgan fingerprint density at radius 3 is 2.68 bits per heavy atom. The standard InChI is InChI=1S/C10H18N3O7PS/c1-5-3-12(8-2-6(15)7(4-14)19-8)10(16)13(9(5)11)20-21(17,18)22/h6-8,14-15H,2-4,11H2,1H3,(H2,17,18,22)/t6-,7+,8+/m0/s1. The summed E-state index contributed by atoms with van der Waals surface area (Å²) in [6.45, 7) is -2.81. The Hall–Kier alpha value is -0.780. The van der Waals surface area contributed by atoms with Crippen LogP contribution in [-0.4, -0.2) is 67.6 Å². The van der Waals surface area contributed by atoms with Gasteiger partial charge in [-0.25, -0.2) is 4.79 Å². The fourth-order valence-electron chi connectivity index (χ4n) is 2.28. The maximum Gasteiger partial charge on any atom is 0.352 e. The second-order valence-electron chi connectivity index (χ2n) is 5.06. The predicted molar refractivity (Wildman–Crippen MR) is 77.0 cm³/mol. The molecule has 0 spiro atoms. The van der Waals surface area contributed by atoms with Crippen molar-refractivity contribution in [2.24, 2.45) is 5.73 Å². The van der Waals surface area contributed by atoms with Gasteiger partial charge in [-0.2, -0.15) is 4.62 Å². The van der Waals surface area contributed by atoms with Gasteiger partial charge in [0.25, 0.3) is 0 Å². The molecule has 0 bridgehead atoms.